The number of unbranched alkanes of at least 4 members (excludes halogenated alkanes) is 2. The number of hydrogen-bond donors (Lipinski definition) is 0. The van der Waals surface area contributed by atoms with E-state index in [9.17, 15) is 4.79 Å². The third-order valence-corrected chi connectivity index (χ3v) is 4.29. The topological polar surface area (TPSA) is 17.1 Å². The van der Waals surface area contributed by atoms with E-state index in [4.69, 9.17) is 0 Å². The highest BCUT2D eigenvalue weighted by molar-refractivity contribution is 5.77. The molecule has 0 aliphatic heterocycles. The Morgan fingerprint density at radius 3 is 2.65 bits per heavy atom. The molecule has 1 aliphatic rings. The van der Waals surface area contributed by atoms with Crippen LogP contribution in [0.25, 0.3) is 0 Å². The molecule has 0 saturated carbocycles. The van der Waals surface area contributed by atoms with Crippen molar-refractivity contribution < 1.29 is 4.79 Å². The van der Waals surface area contributed by atoms with Gasteiger partial charge >= 0.3 is 0 Å². The third-order valence-electron chi connectivity index (χ3n) is 4.29. The molecular formula is C19H30O. The van der Waals surface area contributed by atoms with Gasteiger partial charge in [0.1, 0.15) is 5.78 Å². The van der Waals surface area contributed by atoms with Crippen LogP contribution in [0.15, 0.2) is 11.6 Å². The largest absolute Gasteiger partial charge is 0.300 e. The summed E-state index contributed by atoms with van der Waals surface area (Å²) in [6.07, 6.45) is 10.3. The molecule has 1 unspecified atom stereocenters. The molecule has 0 saturated heterocycles. The molecule has 1 heteroatoms. The minimum absolute atomic E-state index is 0.376. The Morgan fingerprint density at radius 1 is 1.35 bits per heavy atom. The third kappa shape index (κ3) is 6.42. The SMILES string of the molecule is CCC(=O)CCCCC#CC1=CCC(C(C)(C)C)CC1. The summed E-state index contributed by atoms with van der Waals surface area (Å²) in [5.41, 5.74) is 1.75. The van der Waals surface area contributed by atoms with Gasteiger partial charge in [-0.3, -0.25) is 4.79 Å². The molecule has 0 radical (unpaired) electrons. The average Bonchev–Trinajstić information content (AvgIpc) is 2.41. The highest BCUT2D eigenvalue weighted by Gasteiger charge is 2.25. The normalized spacial score (nSPS) is 19.0. The molecular weight excluding hydrogens is 244 g/mol. The van der Waals surface area contributed by atoms with Crippen molar-refractivity contribution in [2.75, 3.05) is 0 Å². The Balaban J connectivity index is 2.25. The van der Waals surface area contributed by atoms with Crippen molar-refractivity contribution in [3.05, 3.63) is 11.6 Å². The summed E-state index contributed by atoms with van der Waals surface area (Å²) in [5, 5.41) is 0. The molecule has 0 aromatic carbocycles. The van der Waals surface area contributed by atoms with Crippen LogP contribution in [0.4, 0.5) is 0 Å². The van der Waals surface area contributed by atoms with Crippen molar-refractivity contribution in [3.8, 4) is 11.8 Å². The van der Waals surface area contributed by atoms with Crippen molar-refractivity contribution >= 4 is 5.78 Å². The van der Waals surface area contributed by atoms with E-state index >= 15 is 0 Å². The maximum Gasteiger partial charge on any atom is 0.132 e. The summed E-state index contributed by atoms with van der Waals surface area (Å²) in [6, 6.07) is 0. The quantitative estimate of drug-likeness (QED) is 0.491. The lowest BCUT2D eigenvalue weighted by Gasteiger charge is -2.32. The molecule has 112 valence electrons. The molecule has 1 atom stereocenters. The minimum Gasteiger partial charge on any atom is -0.300 e. The van der Waals surface area contributed by atoms with Crippen LogP contribution >= 0.6 is 0 Å². The number of carbonyl (C=O) groups excluding carboxylic acids is 1. The molecule has 0 aromatic rings. The van der Waals surface area contributed by atoms with E-state index < -0.39 is 0 Å². The molecule has 1 nitrogen and oxygen atoms in total. The van der Waals surface area contributed by atoms with Gasteiger partial charge in [-0.15, -0.1) is 0 Å². The first-order valence-electron chi connectivity index (χ1n) is 8.13. The van der Waals surface area contributed by atoms with Crippen LogP contribution in [-0.4, -0.2) is 5.78 Å². The second-order valence-corrected chi connectivity index (χ2v) is 6.97. The van der Waals surface area contributed by atoms with E-state index in [-0.39, 0.29) is 0 Å². The summed E-state index contributed by atoms with van der Waals surface area (Å²) in [4.78, 5) is 11.2. The number of ketones is 1. The van der Waals surface area contributed by atoms with Crippen molar-refractivity contribution in [1.82, 2.24) is 0 Å². The van der Waals surface area contributed by atoms with Crippen molar-refractivity contribution in [2.45, 2.75) is 79.1 Å². The van der Waals surface area contributed by atoms with E-state index in [0.29, 0.717) is 17.6 Å². The molecule has 20 heavy (non-hydrogen) atoms. The number of allylic oxidation sites excluding steroid dienone is 2. The summed E-state index contributed by atoms with van der Waals surface area (Å²) in [5.74, 6) is 7.77. The highest BCUT2D eigenvalue weighted by Crippen LogP contribution is 2.36. The summed E-state index contributed by atoms with van der Waals surface area (Å²) in [7, 11) is 0. The molecule has 0 amide bonds. The lowest BCUT2D eigenvalue weighted by molar-refractivity contribution is -0.118. The van der Waals surface area contributed by atoms with Gasteiger partial charge in [-0.25, -0.2) is 0 Å². The van der Waals surface area contributed by atoms with Crippen LogP contribution in [-0.2, 0) is 4.79 Å². The van der Waals surface area contributed by atoms with Gasteiger partial charge in [0, 0.05) is 19.3 Å². The first-order chi connectivity index (χ1) is 9.43. The van der Waals surface area contributed by atoms with Gasteiger partial charge in [0.2, 0.25) is 0 Å². The van der Waals surface area contributed by atoms with Crippen LogP contribution in [0.3, 0.4) is 0 Å². The zero-order valence-corrected chi connectivity index (χ0v) is 13.7. The van der Waals surface area contributed by atoms with E-state index in [2.05, 4.69) is 38.7 Å². The van der Waals surface area contributed by atoms with Gasteiger partial charge in [0.15, 0.2) is 0 Å². The second-order valence-electron chi connectivity index (χ2n) is 6.97. The molecule has 0 N–H and O–H groups in total. The molecule has 0 bridgehead atoms. The van der Waals surface area contributed by atoms with Crippen molar-refractivity contribution in [2.24, 2.45) is 11.3 Å². The molecule has 0 aromatic heterocycles. The average molecular weight is 274 g/mol. The van der Waals surface area contributed by atoms with Crippen molar-refractivity contribution in [3.63, 3.8) is 0 Å². The summed E-state index contributed by atoms with van der Waals surface area (Å²) in [6.45, 7) is 8.93. The van der Waals surface area contributed by atoms with Gasteiger partial charge in [0.05, 0.1) is 0 Å². The van der Waals surface area contributed by atoms with Crippen LogP contribution < -0.4 is 0 Å². The van der Waals surface area contributed by atoms with Gasteiger partial charge in [0.25, 0.3) is 0 Å². The fourth-order valence-electron chi connectivity index (χ4n) is 2.62. The smallest absolute Gasteiger partial charge is 0.132 e. The van der Waals surface area contributed by atoms with Gasteiger partial charge in [-0.2, -0.15) is 0 Å². The predicted molar refractivity (Wildman–Crippen MR) is 86.4 cm³/mol. The molecule has 0 fully saturated rings. The summed E-state index contributed by atoms with van der Waals surface area (Å²) < 4.78 is 0. The standard InChI is InChI=1S/C19H30O/c1-5-18(20)11-9-7-6-8-10-16-12-14-17(15-13-16)19(2,3)4/h12,17H,5-7,9,11,13-15H2,1-4H3. The van der Waals surface area contributed by atoms with Crippen LogP contribution in [0.1, 0.15) is 79.1 Å². The zero-order valence-electron chi connectivity index (χ0n) is 13.7. The van der Waals surface area contributed by atoms with E-state index in [1.165, 1.54) is 18.4 Å². The Bertz CT molecular complexity index is 398. The van der Waals surface area contributed by atoms with Crippen molar-refractivity contribution in [1.29, 1.82) is 0 Å². The molecule has 0 heterocycles. The lowest BCUT2D eigenvalue weighted by atomic mass is 9.73. The molecule has 0 spiro atoms. The Morgan fingerprint density at radius 2 is 2.10 bits per heavy atom. The fraction of sp³-hybridized carbons (Fsp3) is 0.737. The monoisotopic (exact) mass is 274 g/mol. The predicted octanol–water partition coefficient (Wildman–Crippen LogP) is 5.30. The maximum absolute atomic E-state index is 11.2. The van der Waals surface area contributed by atoms with Crippen LogP contribution in [0, 0.1) is 23.2 Å². The van der Waals surface area contributed by atoms with Crippen LogP contribution in [0.5, 0.6) is 0 Å². The Hall–Kier alpha value is -1.03. The fourth-order valence-corrected chi connectivity index (χ4v) is 2.62. The zero-order chi connectivity index (χ0) is 15.0. The van der Waals surface area contributed by atoms with E-state index in [1.54, 1.807) is 0 Å². The summed E-state index contributed by atoms with van der Waals surface area (Å²) >= 11 is 0. The minimum atomic E-state index is 0.376. The maximum atomic E-state index is 11.2. The Labute approximate surface area is 125 Å². The lowest BCUT2D eigenvalue weighted by Crippen LogP contribution is -2.21. The van der Waals surface area contributed by atoms with Gasteiger partial charge < -0.3 is 0 Å². The first-order valence-corrected chi connectivity index (χ1v) is 8.13. The number of carbonyl (C=O) groups is 1. The number of hydrogen-bond acceptors (Lipinski definition) is 1. The molecule has 1 rings (SSSR count). The van der Waals surface area contributed by atoms with Gasteiger partial charge in [-0.05, 0) is 49.0 Å². The number of rotatable bonds is 5. The van der Waals surface area contributed by atoms with Gasteiger partial charge in [-0.1, -0.05) is 45.6 Å². The molecule has 1 aliphatic carbocycles. The van der Waals surface area contributed by atoms with Crippen LogP contribution in [0.2, 0.25) is 0 Å². The van der Waals surface area contributed by atoms with E-state index in [0.717, 1.165) is 38.0 Å². The number of Topliss-reactive ketones (excluding diaryl/α,β-unsaturated/α-hetero) is 1. The van der Waals surface area contributed by atoms with E-state index in [1.807, 2.05) is 6.92 Å². The Kier molecular flexibility index (Phi) is 7.06. The first kappa shape index (κ1) is 17.0. The highest BCUT2D eigenvalue weighted by atomic mass is 16.1. The second kappa shape index (κ2) is 8.30.